The molecule has 1 amide bonds. The molecule has 0 spiro atoms. The molecule has 7 nitrogen and oxygen atoms in total. The van der Waals surface area contributed by atoms with Crippen molar-refractivity contribution in [3.05, 3.63) is 94.1 Å². The second-order valence-corrected chi connectivity index (χ2v) is 8.04. The van der Waals surface area contributed by atoms with Gasteiger partial charge in [-0.25, -0.2) is 0 Å². The Hall–Kier alpha value is -3.87. The summed E-state index contributed by atoms with van der Waals surface area (Å²) in [4.78, 5) is 12.8. The van der Waals surface area contributed by atoms with Crippen LogP contribution in [0.2, 0.25) is 0 Å². The topological polar surface area (TPSA) is 82.2 Å². The molecule has 1 N–H and O–H groups in total. The van der Waals surface area contributed by atoms with E-state index in [4.69, 9.17) is 9.26 Å². The van der Waals surface area contributed by atoms with Crippen LogP contribution in [0.25, 0.3) is 0 Å². The molecule has 32 heavy (non-hydrogen) atoms. The summed E-state index contributed by atoms with van der Waals surface area (Å²) in [5.41, 5.74) is 5.98. The van der Waals surface area contributed by atoms with E-state index in [2.05, 4.69) is 52.8 Å². The lowest BCUT2D eigenvalue weighted by Crippen LogP contribution is -2.15. The Kier molecular flexibility index (Phi) is 6.07. The van der Waals surface area contributed by atoms with E-state index in [-0.39, 0.29) is 18.2 Å². The molecule has 0 bridgehead atoms. The van der Waals surface area contributed by atoms with E-state index in [0.29, 0.717) is 23.6 Å². The van der Waals surface area contributed by atoms with Crippen molar-refractivity contribution in [3.63, 3.8) is 0 Å². The number of hydrogen-bond donors (Lipinski definition) is 1. The second kappa shape index (κ2) is 9.09. The van der Waals surface area contributed by atoms with Gasteiger partial charge in [0.25, 0.3) is 5.91 Å². The van der Waals surface area contributed by atoms with Crippen LogP contribution in [0.1, 0.15) is 44.1 Å². The average Bonchev–Trinajstić information content (AvgIpc) is 3.33. The molecular formula is C25H26N4O3. The van der Waals surface area contributed by atoms with Crippen molar-refractivity contribution in [2.45, 2.75) is 40.8 Å². The summed E-state index contributed by atoms with van der Waals surface area (Å²) in [6.07, 6.45) is 3.40. The van der Waals surface area contributed by atoms with Gasteiger partial charge < -0.3 is 14.6 Å². The summed E-state index contributed by atoms with van der Waals surface area (Å²) in [6.45, 7) is 8.66. The van der Waals surface area contributed by atoms with Gasteiger partial charge in [-0.15, -0.1) is 0 Å². The van der Waals surface area contributed by atoms with Crippen molar-refractivity contribution >= 4 is 11.6 Å². The Morgan fingerprint density at radius 3 is 2.47 bits per heavy atom. The molecule has 0 aliphatic rings. The van der Waals surface area contributed by atoms with E-state index in [1.165, 1.54) is 5.56 Å². The fraction of sp³-hybridized carbons (Fsp3) is 0.240. The molecule has 4 aromatic rings. The van der Waals surface area contributed by atoms with Crippen LogP contribution in [-0.4, -0.2) is 20.8 Å². The zero-order valence-corrected chi connectivity index (χ0v) is 18.7. The van der Waals surface area contributed by atoms with E-state index in [1.807, 2.05) is 26.0 Å². The van der Waals surface area contributed by atoms with E-state index in [9.17, 15) is 4.79 Å². The first kappa shape index (κ1) is 21.4. The lowest BCUT2D eigenvalue weighted by atomic mass is 10.1. The number of rotatable bonds is 7. The van der Waals surface area contributed by atoms with E-state index in [1.54, 1.807) is 24.0 Å². The van der Waals surface area contributed by atoms with Gasteiger partial charge in [-0.3, -0.25) is 9.48 Å². The first-order valence-electron chi connectivity index (χ1n) is 10.4. The standard InChI is InChI=1S/C25H26N4O3/c1-16-5-7-20(8-6-16)13-29-14-21(12-26-29)27-25(30)24-23(19(4)32-28-24)15-31-22-10-17(2)9-18(3)11-22/h5-12,14H,13,15H2,1-4H3,(H,27,30). The first-order valence-corrected chi connectivity index (χ1v) is 10.4. The maximum atomic E-state index is 12.8. The molecule has 0 aliphatic carbocycles. The van der Waals surface area contributed by atoms with Gasteiger partial charge in [0.15, 0.2) is 5.69 Å². The third-order valence-electron chi connectivity index (χ3n) is 5.13. The first-order chi connectivity index (χ1) is 15.4. The lowest BCUT2D eigenvalue weighted by molar-refractivity contribution is 0.101. The largest absolute Gasteiger partial charge is 0.489 e. The molecule has 2 aromatic heterocycles. The maximum absolute atomic E-state index is 12.8. The van der Waals surface area contributed by atoms with Crippen molar-refractivity contribution in [3.8, 4) is 5.75 Å². The molecule has 7 heteroatoms. The fourth-order valence-corrected chi connectivity index (χ4v) is 3.50. The van der Waals surface area contributed by atoms with E-state index in [0.717, 1.165) is 22.4 Å². The van der Waals surface area contributed by atoms with Crippen LogP contribution in [-0.2, 0) is 13.2 Å². The molecule has 0 unspecified atom stereocenters. The summed E-state index contributed by atoms with van der Waals surface area (Å²) >= 11 is 0. The molecule has 4 rings (SSSR count). The fourth-order valence-electron chi connectivity index (χ4n) is 3.50. The lowest BCUT2D eigenvalue weighted by Gasteiger charge is -2.08. The van der Waals surface area contributed by atoms with E-state index < -0.39 is 0 Å². The van der Waals surface area contributed by atoms with Crippen molar-refractivity contribution < 1.29 is 14.1 Å². The number of amides is 1. The highest BCUT2D eigenvalue weighted by molar-refractivity contribution is 6.03. The maximum Gasteiger partial charge on any atom is 0.278 e. The zero-order valence-electron chi connectivity index (χ0n) is 18.7. The van der Waals surface area contributed by atoms with Crippen LogP contribution in [0.3, 0.4) is 0 Å². The summed E-state index contributed by atoms with van der Waals surface area (Å²) in [7, 11) is 0. The van der Waals surface area contributed by atoms with Gasteiger partial charge in [0.2, 0.25) is 0 Å². The third kappa shape index (κ3) is 5.06. The number of anilines is 1. The molecule has 164 valence electrons. The highest BCUT2D eigenvalue weighted by Gasteiger charge is 2.21. The monoisotopic (exact) mass is 430 g/mol. The number of hydrogen-bond acceptors (Lipinski definition) is 5. The van der Waals surface area contributed by atoms with Crippen molar-refractivity contribution in [2.24, 2.45) is 0 Å². The zero-order chi connectivity index (χ0) is 22.7. The normalized spacial score (nSPS) is 10.9. The number of carbonyl (C=O) groups is 1. The predicted molar refractivity (Wildman–Crippen MR) is 122 cm³/mol. The van der Waals surface area contributed by atoms with Crippen LogP contribution in [0.5, 0.6) is 5.75 Å². The third-order valence-corrected chi connectivity index (χ3v) is 5.13. The second-order valence-electron chi connectivity index (χ2n) is 8.04. The number of ether oxygens (including phenoxy) is 1. The molecule has 2 aromatic carbocycles. The predicted octanol–water partition coefficient (Wildman–Crippen LogP) is 4.98. The molecular weight excluding hydrogens is 404 g/mol. The molecule has 0 aliphatic heterocycles. The van der Waals surface area contributed by atoms with Crippen molar-refractivity contribution in [1.29, 1.82) is 0 Å². The molecule has 0 saturated carbocycles. The molecule has 0 fully saturated rings. The van der Waals surface area contributed by atoms with E-state index >= 15 is 0 Å². The minimum Gasteiger partial charge on any atom is -0.489 e. The highest BCUT2D eigenvalue weighted by atomic mass is 16.5. The Bertz CT molecular complexity index is 1220. The van der Waals surface area contributed by atoms with Crippen molar-refractivity contribution in [1.82, 2.24) is 14.9 Å². The van der Waals surface area contributed by atoms with Gasteiger partial charge in [0, 0.05) is 6.20 Å². The Labute approximate surface area is 187 Å². The number of aryl methyl sites for hydroxylation is 4. The van der Waals surface area contributed by atoms with Crippen LogP contribution in [0.15, 0.2) is 59.4 Å². The number of aromatic nitrogens is 3. The van der Waals surface area contributed by atoms with Crippen LogP contribution in [0, 0.1) is 27.7 Å². The number of benzene rings is 2. The Morgan fingerprint density at radius 2 is 1.75 bits per heavy atom. The van der Waals surface area contributed by atoms with Gasteiger partial charge in [-0.2, -0.15) is 5.10 Å². The molecule has 0 radical (unpaired) electrons. The van der Waals surface area contributed by atoms with Crippen LogP contribution >= 0.6 is 0 Å². The minimum atomic E-state index is -0.365. The van der Waals surface area contributed by atoms with Gasteiger partial charge in [-0.1, -0.05) is 41.1 Å². The highest BCUT2D eigenvalue weighted by Crippen LogP contribution is 2.21. The van der Waals surface area contributed by atoms with Gasteiger partial charge in [0.05, 0.1) is 24.0 Å². The SMILES string of the molecule is Cc1ccc(Cn2cc(NC(=O)c3noc(C)c3COc3cc(C)cc(C)c3)cn2)cc1. The summed E-state index contributed by atoms with van der Waals surface area (Å²) in [5.74, 6) is 0.928. The quantitative estimate of drug-likeness (QED) is 0.447. The summed E-state index contributed by atoms with van der Waals surface area (Å²) in [6, 6.07) is 14.3. The average molecular weight is 431 g/mol. The van der Waals surface area contributed by atoms with Gasteiger partial charge in [-0.05, 0) is 56.5 Å². The number of carbonyl (C=O) groups excluding carboxylic acids is 1. The van der Waals surface area contributed by atoms with Crippen LogP contribution < -0.4 is 10.1 Å². The molecule has 0 saturated heterocycles. The summed E-state index contributed by atoms with van der Waals surface area (Å²) < 4.78 is 13.0. The Balaban J connectivity index is 1.43. The molecule has 2 heterocycles. The smallest absolute Gasteiger partial charge is 0.278 e. The van der Waals surface area contributed by atoms with Gasteiger partial charge in [0.1, 0.15) is 18.1 Å². The van der Waals surface area contributed by atoms with Crippen molar-refractivity contribution in [2.75, 3.05) is 5.32 Å². The van der Waals surface area contributed by atoms with Crippen LogP contribution in [0.4, 0.5) is 5.69 Å². The summed E-state index contributed by atoms with van der Waals surface area (Å²) in [5, 5.41) is 11.1. The number of nitrogens with one attached hydrogen (secondary N) is 1. The van der Waals surface area contributed by atoms with Gasteiger partial charge >= 0.3 is 0 Å². The number of nitrogens with zero attached hydrogens (tertiary/aromatic N) is 3. The molecule has 0 atom stereocenters. The Morgan fingerprint density at radius 1 is 1.03 bits per heavy atom. The minimum absolute atomic E-state index is 0.188.